The summed E-state index contributed by atoms with van der Waals surface area (Å²) in [4.78, 5) is 27.2. The Balaban J connectivity index is 1.84. The highest BCUT2D eigenvalue weighted by atomic mass is 16.2. The van der Waals surface area contributed by atoms with Gasteiger partial charge in [0, 0.05) is 49.2 Å². The smallest absolute Gasteiger partial charge is 0.256 e. The number of hydrogen-bond acceptors (Lipinski definition) is 3. The quantitative estimate of drug-likeness (QED) is 0.788. The third-order valence-corrected chi connectivity index (χ3v) is 5.81. The molecule has 1 unspecified atom stereocenters. The molecule has 1 aromatic carbocycles. The molecule has 1 aliphatic rings. The molecule has 2 amide bonds. The van der Waals surface area contributed by atoms with Crippen LogP contribution in [-0.4, -0.2) is 47.0 Å². The minimum Gasteiger partial charge on any atom is -0.354 e. The Morgan fingerprint density at radius 2 is 1.93 bits per heavy atom. The lowest BCUT2D eigenvalue weighted by atomic mass is 10.0. The summed E-state index contributed by atoms with van der Waals surface area (Å²) in [6, 6.07) is 10.2. The fraction of sp³-hybridized carbons (Fsp3) is 0.478. The summed E-state index contributed by atoms with van der Waals surface area (Å²) in [5.74, 6) is -0.00101. The van der Waals surface area contributed by atoms with E-state index in [1.54, 1.807) is 0 Å². The lowest BCUT2D eigenvalue weighted by Crippen LogP contribution is -2.49. The van der Waals surface area contributed by atoms with E-state index in [1.807, 2.05) is 36.9 Å². The van der Waals surface area contributed by atoms with Gasteiger partial charge >= 0.3 is 0 Å². The van der Waals surface area contributed by atoms with E-state index in [0.717, 1.165) is 48.4 Å². The van der Waals surface area contributed by atoms with Gasteiger partial charge in [-0.15, -0.1) is 0 Å². The van der Waals surface area contributed by atoms with Crippen LogP contribution in [0.25, 0.3) is 5.69 Å². The number of nitrogens with one attached hydrogen (secondary N) is 1. The van der Waals surface area contributed by atoms with Crippen LogP contribution in [0, 0.1) is 20.8 Å². The number of carbonyl (C=O) groups is 2. The molecule has 0 spiro atoms. The van der Waals surface area contributed by atoms with Gasteiger partial charge in [0.15, 0.2) is 0 Å². The van der Waals surface area contributed by atoms with Gasteiger partial charge in [0.05, 0.1) is 5.56 Å². The maximum atomic E-state index is 13.5. The Labute approximate surface area is 173 Å². The van der Waals surface area contributed by atoms with E-state index in [9.17, 15) is 9.59 Å². The minimum atomic E-state index is -0.0526. The zero-order chi connectivity index (χ0) is 21.0. The van der Waals surface area contributed by atoms with E-state index in [2.05, 4.69) is 28.9 Å². The largest absolute Gasteiger partial charge is 0.354 e. The van der Waals surface area contributed by atoms with Gasteiger partial charge in [-0.2, -0.15) is 0 Å². The highest BCUT2D eigenvalue weighted by molar-refractivity contribution is 5.96. The highest BCUT2D eigenvalue weighted by Crippen LogP contribution is 2.26. The van der Waals surface area contributed by atoms with Crippen molar-refractivity contribution in [2.75, 3.05) is 19.6 Å². The third kappa shape index (κ3) is 4.53. The second-order valence-corrected chi connectivity index (χ2v) is 7.90. The van der Waals surface area contributed by atoms with Crippen LogP contribution in [0.3, 0.4) is 0 Å². The van der Waals surface area contributed by atoms with Crippen LogP contribution >= 0.6 is 0 Å². The topological polar surface area (TPSA) is 80.4 Å². The molecule has 1 aromatic heterocycles. The van der Waals surface area contributed by atoms with Crippen LogP contribution in [0.4, 0.5) is 0 Å². The molecule has 1 fully saturated rings. The average molecular weight is 397 g/mol. The standard InChI is InChI=1S/C23H32N4O2/c1-16-8-4-5-10-21(16)27-17(2)14-20(18(27)3)23(29)26-13-7-6-9-19(26)15-25-22(28)11-12-24/h4-5,8,10,14,19H,6-7,9,11-13,15,24H2,1-3H3,(H,25,28). The number of aromatic nitrogens is 1. The van der Waals surface area contributed by atoms with Crippen LogP contribution in [0.2, 0.25) is 0 Å². The van der Waals surface area contributed by atoms with Crippen molar-refractivity contribution in [1.82, 2.24) is 14.8 Å². The molecule has 1 saturated heterocycles. The SMILES string of the molecule is Cc1ccccc1-n1c(C)cc(C(=O)N2CCCCC2CNC(=O)CCN)c1C. The van der Waals surface area contributed by atoms with Crippen LogP contribution in [-0.2, 0) is 4.79 Å². The van der Waals surface area contributed by atoms with Gasteiger partial charge < -0.3 is 20.5 Å². The predicted octanol–water partition coefficient (Wildman–Crippen LogP) is 2.86. The Morgan fingerprint density at radius 1 is 1.17 bits per heavy atom. The van der Waals surface area contributed by atoms with Crippen LogP contribution in [0.1, 0.15) is 53.0 Å². The Hall–Kier alpha value is -2.60. The number of rotatable bonds is 6. The molecule has 0 aliphatic carbocycles. The summed E-state index contributed by atoms with van der Waals surface area (Å²) in [6.45, 7) is 7.68. The zero-order valence-corrected chi connectivity index (χ0v) is 17.7. The van der Waals surface area contributed by atoms with Crippen molar-refractivity contribution in [3.05, 3.63) is 52.8 Å². The van der Waals surface area contributed by atoms with E-state index in [1.165, 1.54) is 5.56 Å². The van der Waals surface area contributed by atoms with Gasteiger partial charge in [-0.3, -0.25) is 9.59 Å². The highest BCUT2D eigenvalue weighted by Gasteiger charge is 2.30. The fourth-order valence-corrected chi connectivity index (χ4v) is 4.25. The van der Waals surface area contributed by atoms with Gasteiger partial charge in [-0.1, -0.05) is 18.2 Å². The van der Waals surface area contributed by atoms with Crippen LogP contribution < -0.4 is 11.1 Å². The number of nitrogens with zero attached hydrogens (tertiary/aromatic N) is 2. The second-order valence-electron chi connectivity index (χ2n) is 7.90. The molecule has 3 rings (SSSR count). The molecular weight excluding hydrogens is 364 g/mol. The molecule has 0 radical (unpaired) electrons. The van der Waals surface area contributed by atoms with Crippen LogP contribution in [0.5, 0.6) is 0 Å². The lowest BCUT2D eigenvalue weighted by Gasteiger charge is -2.36. The number of amides is 2. The van der Waals surface area contributed by atoms with Crippen molar-refractivity contribution < 1.29 is 9.59 Å². The average Bonchev–Trinajstić information content (AvgIpc) is 3.01. The van der Waals surface area contributed by atoms with Gasteiger partial charge in [0.1, 0.15) is 0 Å². The molecule has 6 nitrogen and oxygen atoms in total. The Kier molecular flexibility index (Phi) is 6.75. The van der Waals surface area contributed by atoms with Gasteiger partial charge in [0.2, 0.25) is 5.91 Å². The number of likely N-dealkylation sites (tertiary alicyclic amines) is 1. The first kappa shape index (κ1) is 21.1. The maximum absolute atomic E-state index is 13.5. The van der Waals surface area contributed by atoms with Crippen molar-refractivity contribution in [3.63, 3.8) is 0 Å². The monoisotopic (exact) mass is 396 g/mol. The van der Waals surface area contributed by atoms with Crippen molar-refractivity contribution in [1.29, 1.82) is 0 Å². The molecule has 29 heavy (non-hydrogen) atoms. The van der Waals surface area contributed by atoms with Gasteiger partial charge in [0.25, 0.3) is 5.91 Å². The fourth-order valence-electron chi connectivity index (χ4n) is 4.25. The predicted molar refractivity (Wildman–Crippen MR) is 115 cm³/mol. The molecule has 156 valence electrons. The number of carbonyl (C=O) groups excluding carboxylic acids is 2. The Morgan fingerprint density at radius 3 is 2.66 bits per heavy atom. The summed E-state index contributed by atoms with van der Waals surface area (Å²) < 4.78 is 2.16. The third-order valence-electron chi connectivity index (χ3n) is 5.81. The zero-order valence-electron chi connectivity index (χ0n) is 17.7. The first-order chi connectivity index (χ1) is 13.9. The van der Waals surface area contributed by atoms with Gasteiger partial charge in [-0.25, -0.2) is 0 Å². The van der Waals surface area contributed by atoms with E-state index in [0.29, 0.717) is 19.5 Å². The van der Waals surface area contributed by atoms with Gasteiger partial charge in [-0.05, 0) is 57.7 Å². The van der Waals surface area contributed by atoms with E-state index >= 15 is 0 Å². The first-order valence-electron chi connectivity index (χ1n) is 10.5. The van der Waals surface area contributed by atoms with E-state index in [4.69, 9.17) is 5.73 Å². The maximum Gasteiger partial charge on any atom is 0.256 e. The molecule has 6 heteroatoms. The summed E-state index contributed by atoms with van der Waals surface area (Å²) in [5, 5.41) is 2.94. The number of piperidine rings is 1. The van der Waals surface area contributed by atoms with E-state index < -0.39 is 0 Å². The molecule has 0 bridgehead atoms. The second kappa shape index (κ2) is 9.27. The molecule has 1 aliphatic heterocycles. The minimum absolute atomic E-state index is 0.0273. The number of hydrogen-bond donors (Lipinski definition) is 2. The number of nitrogens with two attached hydrogens (primary N) is 1. The van der Waals surface area contributed by atoms with E-state index in [-0.39, 0.29) is 17.9 Å². The molecule has 2 aromatic rings. The van der Waals surface area contributed by atoms with Crippen molar-refractivity contribution in [2.24, 2.45) is 5.73 Å². The number of para-hydroxylation sites is 1. The Bertz CT molecular complexity index is 887. The van der Waals surface area contributed by atoms with Crippen molar-refractivity contribution in [3.8, 4) is 5.69 Å². The molecule has 3 N–H and O–H groups in total. The molecule has 0 saturated carbocycles. The van der Waals surface area contributed by atoms with Crippen molar-refractivity contribution in [2.45, 2.75) is 52.5 Å². The summed E-state index contributed by atoms with van der Waals surface area (Å²) in [6.07, 6.45) is 3.29. The molecular formula is C23H32N4O2. The summed E-state index contributed by atoms with van der Waals surface area (Å²) >= 11 is 0. The van der Waals surface area contributed by atoms with Crippen LogP contribution in [0.15, 0.2) is 30.3 Å². The number of benzene rings is 1. The normalized spacial score (nSPS) is 16.7. The molecule has 1 atom stereocenters. The first-order valence-corrected chi connectivity index (χ1v) is 10.5. The lowest BCUT2D eigenvalue weighted by molar-refractivity contribution is -0.121. The van der Waals surface area contributed by atoms with Crippen molar-refractivity contribution >= 4 is 11.8 Å². The summed E-state index contributed by atoms with van der Waals surface area (Å²) in [7, 11) is 0. The number of aryl methyl sites for hydroxylation is 2. The summed E-state index contributed by atoms with van der Waals surface area (Å²) in [5.41, 5.74) is 10.5. The molecule has 2 heterocycles.